The molecule has 1 atom stereocenters. The van der Waals surface area contributed by atoms with Gasteiger partial charge in [0.25, 0.3) is 0 Å². The second-order valence-electron chi connectivity index (χ2n) is 7.34. The molecule has 3 rings (SSSR count). The van der Waals surface area contributed by atoms with Crippen molar-refractivity contribution in [3.63, 3.8) is 0 Å². The molecule has 1 aliphatic rings. The van der Waals surface area contributed by atoms with Crippen LogP contribution in [0.3, 0.4) is 0 Å². The lowest BCUT2D eigenvalue weighted by atomic mass is 9.94. The van der Waals surface area contributed by atoms with Gasteiger partial charge in [-0.15, -0.1) is 5.10 Å². The zero-order valence-electron chi connectivity index (χ0n) is 16.7. The predicted molar refractivity (Wildman–Crippen MR) is 108 cm³/mol. The van der Waals surface area contributed by atoms with E-state index in [1.54, 1.807) is 4.68 Å². The van der Waals surface area contributed by atoms with Crippen molar-refractivity contribution in [1.29, 1.82) is 0 Å². The quantitative estimate of drug-likeness (QED) is 0.703. The van der Waals surface area contributed by atoms with Gasteiger partial charge in [-0.05, 0) is 62.6 Å². The van der Waals surface area contributed by atoms with Crippen LogP contribution >= 0.6 is 11.8 Å². The van der Waals surface area contributed by atoms with Gasteiger partial charge in [-0.2, -0.15) is 4.68 Å². The smallest absolute Gasteiger partial charge is 0.236 e. The molecule has 6 nitrogen and oxygen atoms in total. The van der Waals surface area contributed by atoms with E-state index in [-0.39, 0.29) is 11.2 Å². The number of rotatable bonds is 6. The molecule has 1 amide bonds. The van der Waals surface area contributed by atoms with Crippen LogP contribution in [0.15, 0.2) is 23.4 Å². The summed E-state index contributed by atoms with van der Waals surface area (Å²) in [6, 6.07) is 6.57. The van der Waals surface area contributed by atoms with Gasteiger partial charge in [-0.3, -0.25) is 4.79 Å². The third-order valence-electron chi connectivity index (χ3n) is 5.29. The molecule has 1 heterocycles. The first-order valence-corrected chi connectivity index (χ1v) is 10.7. The van der Waals surface area contributed by atoms with E-state index < -0.39 is 0 Å². The monoisotopic (exact) mass is 387 g/mol. The SMILES string of the molecule is CCN(C(=O)[C@H](C)Sc1nnnn1-c1ccc(C)cc1C)C1CCCCC1. The Morgan fingerprint density at radius 1 is 1.30 bits per heavy atom. The van der Waals surface area contributed by atoms with Crippen LogP contribution in [0, 0.1) is 13.8 Å². The summed E-state index contributed by atoms with van der Waals surface area (Å²) < 4.78 is 1.74. The van der Waals surface area contributed by atoms with Crippen LogP contribution in [-0.2, 0) is 4.79 Å². The van der Waals surface area contributed by atoms with Gasteiger partial charge < -0.3 is 4.90 Å². The van der Waals surface area contributed by atoms with Crippen molar-refractivity contribution in [1.82, 2.24) is 25.1 Å². The molecule has 0 bridgehead atoms. The molecule has 7 heteroatoms. The highest BCUT2D eigenvalue weighted by Gasteiger charge is 2.29. The van der Waals surface area contributed by atoms with Gasteiger partial charge in [-0.1, -0.05) is 48.7 Å². The molecule has 1 aromatic heterocycles. The zero-order valence-corrected chi connectivity index (χ0v) is 17.5. The van der Waals surface area contributed by atoms with E-state index in [1.807, 2.05) is 13.0 Å². The van der Waals surface area contributed by atoms with Gasteiger partial charge in [0, 0.05) is 12.6 Å². The number of thioether (sulfide) groups is 1. The molecule has 0 spiro atoms. The topological polar surface area (TPSA) is 63.9 Å². The average molecular weight is 388 g/mol. The van der Waals surface area contributed by atoms with E-state index in [2.05, 4.69) is 53.3 Å². The summed E-state index contributed by atoms with van der Waals surface area (Å²) in [5.41, 5.74) is 3.26. The van der Waals surface area contributed by atoms with Crippen molar-refractivity contribution in [2.24, 2.45) is 0 Å². The number of amides is 1. The van der Waals surface area contributed by atoms with E-state index >= 15 is 0 Å². The van der Waals surface area contributed by atoms with Gasteiger partial charge in [0.2, 0.25) is 11.1 Å². The molecule has 2 aromatic rings. The number of carbonyl (C=O) groups excluding carboxylic acids is 1. The molecule has 27 heavy (non-hydrogen) atoms. The molecule has 0 aliphatic heterocycles. The van der Waals surface area contributed by atoms with Crippen LogP contribution in [-0.4, -0.2) is 48.9 Å². The van der Waals surface area contributed by atoms with Crippen molar-refractivity contribution >= 4 is 17.7 Å². The molecule has 1 aromatic carbocycles. The number of benzene rings is 1. The highest BCUT2D eigenvalue weighted by molar-refractivity contribution is 8.00. The van der Waals surface area contributed by atoms with Gasteiger partial charge in [0.1, 0.15) is 0 Å². The lowest BCUT2D eigenvalue weighted by Gasteiger charge is -2.35. The number of carbonyl (C=O) groups is 1. The zero-order chi connectivity index (χ0) is 19.4. The van der Waals surface area contributed by atoms with Crippen molar-refractivity contribution < 1.29 is 4.79 Å². The lowest BCUT2D eigenvalue weighted by molar-refractivity contribution is -0.133. The van der Waals surface area contributed by atoms with Crippen molar-refractivity contribution in [2.75, 3.05) is 6.54 Å². The lowest BCUT2D eigenvalue weighted by Crippen LogP contribution is -2.44. The number of nitrogens with zero attached hydrogens (tertiary/aromatic N) is 5. The maximum atomic E-state index is 13.1. The molecular formula is C20H29N5OS. The molecule has 0 radical (unpaired) electrons. The highest BCUT2D eigenvalue weighted by Crippen LogP contribution is 2.28. The van der Waals surface area contributed by atoms with Crippen molar-refractivity contribution in [2.45, 2.75) is 76.2 Å². The van der Waals surface area contributed by atoms with Gasteiger partial charge in [0.05, 0.1) is 10.9 Å². The first-order chi connectivity index (χ1) is 13.0. The van der Waals surface area contributed by atoms with Crippen molar-refractivity contribution in [3.05, 3.63) is 29.3 Å². The van der Waals surface area contributed by atoms with Crippen LogP contribution in [0.25, 0.3) is 5.69 Å². The van der Waals surface area contributed by atoms with E-state index in [9.17, 15) is 4.79 Å². The summed E-state index contributed by atoms with van der Waals surface area (Å²) >= 11 is 1.44. The largest absolute Gasteiger partial charge is 0.339 e. The van der Waals surface area contributed by atoms with Crippen LogP contribution in [0.5, 0.6) is 0 Å². The number of tetrazole rings is 1. The maximum Gasteiger partial charge on any atom is 0.236 e. The summed E-state index contributed by atoms with van der Waals surface area (Å²) in [7, 11) is 0. The van der Waals surface area contributed by atoms with E-state index in [1.165, 1.54) is 36.6 Å². The van der Waals surface area contributed by atoms with E-state index in [0.717, 1.165) is 30.6 Å². The minimum atomic E-state index is -0.220. The first-order valence-electron chi connectivity index (χ1n) is 9.84. The Balaban J connectivity index is 1.75. The summed E-state index contributed by atoms with van der Waals surface area (Å²) in [5, 5.41) is 12.6. The predicted octanol–water partition coefficient (Wildman–Crippen LogP) is 3.94. The number of aryl methyl sites for hydroxylation is 2. The maximum absolute atomic E-state index is 13.1. The molecular weight excluding hydrogens is 358 g/mol. The number of hydrogen-bond donors (Lipinski definition) is 0. The summed E-state index contributed by atoms with van der Waals surface area (Å²) in [6.07, 6.45) is 5.98. The molecule has 1 aliphatic carbocycles. The molecule has 0 saturated heterocycles. The second-order valence-corrected chi connectivity index (χ2v) is 8.65. The van der Waals surface area contributed by atoms with Gasteiger partial charge in [-0.25, -0.2) is 0 Å². The standard InChI is InChI=1S/C20H29N5OS/c1-5-24(17-9-7-6-8-10-17)19(26)16(4)27-20-21-22-23-25(20)18-12-11-14(2)13-15(18)3/h11-13,16-17H,5-10H2,1-4H3/t16-/m0/s1. The van der Waals surface area contributed by atoms with Gasteiger partial charge in [0.15, 0.2) is 0 Å². The average Bonchev–Trinajstić information content (AvgIpc) is 3.11. The fourth-order valence-corrected chi connectivity index (χ4v) is 4.75. The third kappa shape index (κ3) is 4.51. The first kappa shape index (κ1) is 19.9. The second kappa shape index (κ2) is 8.87. The summed E-state index contributed by atoms with van der Waals surface area (Å²) in [4.78, 5) is 15.1. The molecule has 1 fully saturated rings. The Morgan fingerprint density at radius 2 is 2.04 bits per heavy atom. The number of aromatic nitrogens is 4. The Morgan fingerprint density at radius 3 is 2.70 bits per heavy atom. The van der Waals surface area contributed by atoms with Gasteiger partial charge >= 0.3 is 0 Å². The third-order valence-corrected chi connectivity index (χ3v) is 6.31. The van der Waals surface area contributed by atoms with Crippen LogP contribution in [0.4, 0.5) is 0 Å². The number of hydrogen-bond acceptors (Lipinski definition) is 5. The van der Waals surface area contributed by atoms with Crippen LogP contribution < -0.4 is 0 Å². The Hall–Kier alpha value is -1.89. The van der Waals surface area contributed by atoms with Crippen LogP contribution in [0.2, 0.25) is 0 Å². The fraction of sp³-hybridized carbons (Fsp3) is 0.600. The van der Waals surface area contributed by atoms with Crippen molar-refractivity contribution in [3.8, 4) is 5.69 Å². The fourth-order valence-electron chi connectivity index (χ4n) is 3.88. The minimum Gasteiger partial charge on any atom is -0.339 e. The Labute approximate surface area is 165 Å². The molecule has 146 valence electrons. The molecule has 0 N–H and O–H groups in total. The molecule has 1 saturated carbocycles. The Kier molecular flexibility index (Phi) is 6.52. The minimum absolute atomic E-state index is 0.185. The highest BCUT2D eigenvalue weighted by atomic mass is 32.2. The summed E-state index contributed by atoms with van der Waals surface area (Å²) in [6.45, 7) is 8.91. The van der Waals surface area contributed by atoms with E-state index in [4.69, 9.17) is 0 Å². The van der Waals surface area contributed by atoms with Crippen LogP contribution in [0.1, 0.15) is 57.1 Å². The van der Waals surface area contributed by atoms with E-state index in [0.29, 0.717) is 11.2 Å². The normalized spacial score (nSPS) is 16.3. The molecule has 0 unspecified atom stereocenters. The Bertz CT molecular complexity index is 784. The summed E-state index contributed by atoms with van der Waals surface area (Å²) in [5.74, 6) is 0.185.